The van der Waals surface area contributed by atoms with Crippen molar-refractivity contribution in [1.29, 1.82) is 0 Å². The molecular weight excluding hydrogens is 208 g/mol. The predicted octanol–water partition coefficient (Wildman–Crippen LogP) is 5.41. The molecule has 3 aliphatic carbocycles. The Bertz CT molecular complexity index is 177. The van der Waals surface area contributed by atoms with Gasteiger partial charge in [-0.15, -0.1) is 0 Å². The van der Waals surface area contributed by atoms with Gasteiger partial charge in [-0.3, -0.25) is 0 Å². The minimum Gasteiger partial charge on any atom is -0.498 e. The Morgan fingerprint density at radius 1 is 1.24 bits per heavy atom. The first-order valence-corrected chi connectivity index (χ1v) is 7.43. The maximum atomic E-state index is 5.40. The molecule has 0 radical (unpaired) electrons. The Morgan fingerprint density at radius 3 is 2.06 bits per heavy atom. The molecule has 0 heterocycles. The van der Waals surface area contributed by atoms with Crippen LogP contribution in [0.2, 0.25) is 0 Å². The van der Waals surface area contributed by atoms with Crippen LogP contribution in [0.1, 0.15) is 66.7 Å². The minimum atomic E-state index is 0.516. The van der Waals surface area contributed by atoms with Crippen molar-refractivity contribution in [3.8, 4) is 0 Å². The van der Waals surface area contributed by atoms with E-state index in [9.17, 15) is 0 Å². The van der Waals surface area contributed by atoms with Gasteiger partial charge in [0.05, 0.1) is 6.26 Å². The zero-order valence-corrected chi connectivity index (χ0v) is 12.5. The van der Waals surface area contributed by atoms with Gasteiger partial charge in [0.2, 0.25) is 0 Å². The number of hydrogen-bond donors (Lipinski definition) is 0. The van der Waals surface area contributed by atoms with Gasteiger partial charge in [0, 0.05) is 0 Å². The highest BCUT2D eigenvalue weighted by Gasteiger charge is 2.40. The SMILES string of the molecule is C=COC1CCC2CC1C2.CC.CCC(C)C. The molecular formula is C16H32O. The van der Waals surface area contributed by atoms with Crippen molar-refractivity contribution in [2.75, 3.05) is 0 Å². The number of rotatable bonds is 3. The van der Waals surface area contributed by atoms with E-state index in [1.807, 2.05) is 13.8 Å². The van der Waals surface area contributed by atoms with E-state index in [1.54, 1.807) is 6.26 Å². The third kappa shape index (κ3) is 6.14. The molecule has 1 unspecified atom stereocenters. The summed E-state index contributed by atoms with van der Waals surface area (Å²) in [6.07, 6.45) is 8.90. The van der Waals surface area contributed by atoms with E-state index in [4.69, 9.17) is 4.74 Å². The fraction of sp³-hybridized carbons (Fsp3) is 0.875. The number of ether oxygens (including phenoxy) is 1. The van der Waals surface area contributed by atoms with E-state index >= 15 is 0 Å². The second-order valence-electron chi connectivity index (χ2n) is 5.32. The van der Waals surface area contributed by atoms with Crippen molar-refractivity contribution in [2.24, 2.45) is 17.8 Å². The van der Waals surface area contributed by atoms with E-state index in [-0.39, 0.29) is 0 Å². The van der Waals surface area contributed by atoms with E-state index in [1.165, 1.54) is 32.1 Å². The van der Waals surface area contributed by atoms with Crippen molar-refractivity contribution in [3.63, 3.8) is 0 Å². The molecule has 0 N–H and O–H groups in total. The summed E-state index contributed by atoms with van der Waals surface area (Å²) in [5.74, 6) is 2.81. The lowest BCUT2D eigenvalue weighted by Gasteiger charge is -2.45. The van der Waals surface area contributed by atoms with Crippen molar-refractivity contribution in [2.45, 2.75) is 72.8 Å². The van der Waals surface area contributed by atoms with Crippen molar-refractivity contribution in [1.82, 2.24) is 0 Å². The molecule has 3 saturated carbocycles. The molecule has 0 spiro atoms. The molecule has 0 amide bonds. The second-order valence-corrected chi connectivity index (χ2v) is 5.32. The minimum absolute atomic E-state index is 0.516. The van der Waals surface area contributed by atoms with Crippen LogP contribution in [-0.4, -0.2) is 6.10 Å². The number of fused-ring (bicyclic) bond motifs is 2. The summed E-state index contributed by atoms with van der Waals surface area (Å²) in [7, 11) is 0. The molecule has 2 bridgehead atoms. The van der Waals surface area contributed by atoms with E-state index in [2.05, 4.69) is 27.4 Å². The molecule has 0 aromatic heterocycles. The van der Waals surface area contributed by atoms with Gasteiger partial charge < -0.3 is 4.74 Å². The van der Waals surface area contributed by atoms with Crippen LogP contribution in [0.25, 0.3) is 0 Å². The fourth-order valence-corrected chi connectivity index (χ4v) is 2.26. The Kier molecular flexibility index (Phi) is 9.30. The van der Waals surface area contributed by atoms with Crippen LogP contribution in [0.3, 0.4) is 0 Å². The highest BCUT2D eigenvalue weighted by atomic mass is 16.5. The lowest BCUT2D eigenvalue weighted by atomic mass is 9.64. The van der Waals surface area contributed by atoms with Crippen LogP contribution >= 0.6 is 0 Å². The summed E-state index contributed by atoms with van der Waals surface area (Å²) in [5, 5.41) is 0. The molecule has 17 heavy (non-hydrogen) atoms. The highest BCUT2D eigenvalue weighted by molar-refractivity contribution is 4.91. The van der Waals surface area contributed by atoms with Gasteiger partial charge in [-0.25, -0.2) is 0 Å². The highest BCUT2D eigenvalue weighted by Crippen LogP contribution is 2.46. The average molecular weight is 240 g/mol. The molecule has 0 aromatic carbocycles. The molecule has 1 heteroatoms. The molecule has 3 rings (SSSR count). The number of hydrogen-bond acceptors (Lipinski definition) is 1. The van der Waals surface area contributed by atoms with E-state index in [0.717, 1.165) is 17.8 Å². The Balaban J connectivity index is 0.000000315. The van der Waals surface area contributed by atoms with Crippen molar-refractivity contribution >= 4 is 0 Å². The molecule has 0 aromatic rings. The largest absolute Gasteiger partial charge is 0.498 e. The lowest BCUT2D eigenvalue weighted by Crippen LogP contribution is -2.40. The van der Waals surface area contributed by atoms with Crippen LogP contribution in [0.5, 0.6) is 0 Å². The smallest absolute Gasteiger partial charge is 0.101 e. The lowest BCUT2D eigenvalue weighted by molar-refractivity contribution is -0.0356. The van der Waals surface area contributed by atoms with Crippen LogP contribution < -0.4 is 0 Å². The average Bonchev–Trinajstić information content (AvgIpc) is 2.32. The van der Waals surface area contributed by atoms with E-state index < -0.39 is 0 Å². The Morgan fingerprint density at radius 2 is 1.76 bits per heavy atom. The van der Waals surface area contributed by atoms with Crippen molar-refractivity contribution in [3.05, 3.63) is 12.8 Å². The molecule has 3 aliphatic rings. The fourth-order valence-electron chi connectivity index (χ4n) is 2.26. The Labute approximate surface area is 109 Å². The predicted molar refractivity (Wildman–Crippen MR) is 77.0 cm³/mol. The summed E-state index contributed by atoms with van der Waals surface area (Å²) >= 11 is 0. The molecule has 1 atom stereocenters. The third-order valence-electron chi connectivity index (χ3n) is 3.74. The normalized spacial score (nSPS) is 28.9. The first kappa shape index (κ1) is 16.5. The van der Waals surface area contributed by atoms with Crippen molar-refractivity contribution < 1.29 is 4.74 Å². The summed E-state index contributed by atoms with van der Waals surface area (Å²) in [6, 6.07) is 0. The van der Waals surface area contributed by atoms with Gasteiger partial charge in [-0.2, -0.15) is 0 Å². The van der Waals surface area contributed by atoms with Gasteiger partial charge in [0.25, 0.3) is 0 Å². The van der Waals surface area contributed by atoms with Gasteiger partial charge in [0.15, 0.2) is 0 Å². The standard InChI is InChI=1S/C9H14O.C5H12.C2H6/c1-2-10-9-4-3-7-5-8(9)6-7;1-4-5(2)3;1-2/h2,7-9H,1,3-6H2;5H,4H2,1-3H3;1-2H3. The zero-order chi connectivity index (χ0) is 13.3. The summed E-state index contributed by atoms with van der Waals surface area (Å²) in [5.41, 5.74) is 0. The summed E-state index contributed by atoms with van der Waals surface area (Å²) in [4.78, 5) is 0. The molecule has 0 aliphatic heterocycles. The molecule has 1 nitrogen and oxygen atoms in total. The molecule has 102 valence electrons. The van der Waals surface area contributed by atoms with Gasteiger partial charge in [-0.1, -0.05) is 47.6 Å². The first-order chi connectivity index (χ1) is 8.17. The molecule has 3 fully saturated rings. The molecule has 0 saturated heterocycles. The topological polar surface area (TPSA) is 9.23 Å². The second kappa shape index (κ2) is 9.56. The quantitative estimate of drug-likeness (QED) is 0.599. The monoisotopic (exact) mass is 240 g/mol. The van der Waals surface area contributed by atoms with Gasteiger partial charge in [-0.05, 0) is 43.4 Å². The maximum absolute atomic E-state index is 5.40. The third-order valence-corrected chi connectivity index (χ3v) is 3.74. The zero-order valence-electron chi connectivity index (χ0n) is 12.5. The summed E-state index contributed by atoms with van der Waals surface area (Å²) in [6.45, 7) is 14.2. The maximum Gasteiger partial charge on any atom is 0.101 e. The van der Waals surface area contributed by atoms with Gasteiger partial charge >= 0.3 is 0 Å². The van der Waals surface area contributed by atoms with E-state index in [0.29, 0.717) is 6.10 Å². The first-order valence-electron chi connectivity index (χ1n) is 7.43. The summed E-state index contributed by atoms with van der Waals surface area (Å²) < 4.78 is 5.40. The van der Waals surface area contributed by atoms with Crippen LogP contribution in [0.15, 0.2) is 12.8 Å². The van der Waals surface area contributed by atoms with Crippen LogP contribution in [-0.2, 0) is 4.74 Å². The van der Waals surface area contributed by atoms with Gasteiger partial charge in [0.1, 0.15) is 6.10 Å². The van der Waals surface area contributed by atoms with Crippen LogP contribution in [0.4, 0.5) is 0 Å². The van der Waals surface area contributed by atoms with Crippen LogP contribution in [0, 0.1) is 17.8 Å². The Hall–Kier alpha value is -0.460.